The van der Waals surface area contributed by atoms with Crippen LogP contribution in [0.2, 0.25) is 0 Å². The van der Waals surface area contributed by atoms with Gasteiger partial charge in [0, 0.05) is 0 Å². The van der Waals surface area contributed by atoms with Crippen molar-refractivity contribution < 1.29 is 27.2 Å². The average Bonchev–Trinajstić information content (AvgIpc) is 2.04. The van der Waals surface area contributed by atoms with E-state index in [9.17, 15) is 17.7 Å². The van der Waals surface area contributed by atoms with Crippen LogP contribution in [-0.4, -0.2) is 17.2 Å². The third-order valence-electron chi connectivity index (χ3n) is 1.71. The third kappa shape index (κ3) is 4.24. The average molecular weight is 254 g/mol. The molecule has 1 atom stereocenters. The summed E-state index contributed by atoms with van der Waals surface area (Å²) in [4.78, 5) is 9.04. The highest BCUT2D eigenvalue weighted by molar-refractivity contribution is 7.53. The fourth-order valence-corrected chi connectivity index (χ4v) is 2.10. The molecule has 0 radical (unpaired) electrons. The van der Waals surface area contributed by atoms with E-state index in [4.69, 9.17) is 4.89 Å². The SMILES string of the molecule is Cc1ccccc1OP(=O)(O)CC(F)(F)F. The van der Waals surface area contributed by atoms with Gasteiger partial charge >= 0.3 is 13.8 Å². The van der Waals surface area contributed by atoms with E-state index in [-0.39, 0.29) is 5.75 Å². The normalized spacial score (nSPS) is 15.6. The Kier molecular flexibility index (Phi) is 3.65. The van der Waals surface area contributed by atoms with Gasteiger partial charge in [0.15, 0.2) is 6.16 Å². The van der Waals surface area contributed by atoms with E-state index in [0.717, 1.165) is 0 Å². The number of rotatable bonds is 3. The number of para-hydroxylation sites is 1. The summed E-state index contributed by atoms with van der Waals surface area (Å²) in [6, 6.07) is 6.07. The van der Waals surface area contributed by atoms with E-state index in [1.807, 2.05) is 0 Å². The second kappa shape index (κ2) is 4.47. The van der Waals surface area contributed by atoms with Gasteiger partial charge in [0.25, 0.3) is 0 Å². The summed E-state index contributed by atoms with van der Waals surface area (Å²) in [6.45, 7) is 1.57. The standard InChI is InChI=1S/C9H10F3O3P/c1-7-4-2-3-5-8(7)15-16(13,14)6-9(10,11)12/h2-5H,6H2,1H3,(H,13,14). The first-order chi connectivity index (χ1) is 7.20. The molecular weight excluding hydrogens is 244 g/mol. The highest BCUT2D eigenvalue weighted by Crippen LogP contribution is 2.47. The maximum atomic E-state index is 11.9. The molecule has 1 unspecified atom stereocenters. The molecule has 0 fully saturated rings. The van der Waals surface area contributed by atoms with Gasteiger partial charge in [0.1, 0.15) is 5.75 Å². The molecule has 0 bridgehead atoms. The summed E-state index contributed by atoms with van der Waals surface area (Å²) >= 11 is 0. The predicted octanol–water partition coefficient (Wildman–Crippen LogP) is 3.12. The highest BCUT2D eigenvalue weighted by atomic mass is 31.2. The fourth-order valence-electron chi connectivity index (χ4n) is 1.07. The highest BCUT2D eigenvalue weighted by Gasteiger charge is 2.40. The molecule has 0 spiro atoms. The Labute approximate surface area is 90.4 Å². The second-order valence-electron chi connectivity index (χ2n) is 3.27. The monoisotopic (exact) mass is 254 g/mol. The molecule has 3 nitrogen and oxygen atoms in total. The van der Waals surface area contributed by atoms with E-state index in [1.54, 1.807) is 19.1 Å². The molecule has 1 rings (SSSR count). The minimum absolute atomic E-state index is 0.0161. The zero-order valence-corrected chi connectivity index (χ0v) is 9.26. The number of aryl methyl sites for hydroxylation is 1. The molecule has 0 aliphatic carbocycles. The predicted molar refractivity (Wildman–Crippen MR) is 52.6 cm³/mol. The first-order valence-corrected chi connectivity index (χ1v) is 6.10. The summed E-state index contributed by atoms with van der Waals surface area (Å²) < 4.78 is 51.5. The Morgan fingerprint density at radius 3 is 2.44 bits per heavy atom. The summed E-state index contributed by atoms with van der Waals surface area (Å²) in [6.07, 6.45) is -6.58. The smallest absolute Gasteiger partial charge is 0.401 e. The van der Waals surface area contributed by atoms with Crippen molar-refractivity contribution in [3.8, 4) is 5.75 Å². The molecule has 0 saturated carbocycles. The molecule has 1 N–H and O–H groups in total. The lowest BCUT2D eigenvalue weighted by Gasteiger charge is -2.16. The fraction of sp³-hybridized carbons (Fsp3) is 0.333. The molecule has 0 heterocycles. The van der Waals surface area contributed by atoms with Gasteiger partial charge in [-0.05, 0) is 18.6 Å². The Hall–Kier alpha value is -1.00. The van der Waals surface area contributed by atoms with Crippen LogP contribution in [0.15, 0.2) is 24.3 Å². The zero-order chi connectivity index (χ0) is 12.4. The van der Waals surface area contributed by atoms with Crippen LogP contribution >= 0.6 is 7.60 Å². The molecule has 90 valence electrons. The maximum absolute atomic E-state index is 11.9. The molecular formula is C9H10F3O3P. The van der Waals surface area contributed by atoms with Gasteiger partial charge in [0.2, 0.25) is 0 Å². The van der Waals surface area contributed by atoms with Gasteiger partial charge < -0.3 is 9.42 Å². The molecule has 0 saturated heterocycles. The first kappa shape index (κ1) is 13.1. The lowest BCUT2D eigenvalue weighted by Crippen LogP contribution is -2.16. The van der Waals surface area contributed by atoms with E-state index >= 15 is 0 Å². The molecule has 0 aliphatic heterocycles. The topological polar surface area (TPSA) is 46.5 Å². The van der Waals surface area contributed by atoms with Crippen LogP contribution in [0.4, 0.5) is 13.2 Å². The van der Waals surface area contributed by atoms with Crippen molar-refractivity contribution in [1.82, 2.24) is 0 Å². The molecule has 0 aromatic heterocycles. The lowest BCUT2D eigenvalue weighted by atomic mass is 10.2. The van der Waals surface area contributed by atoms with E-state index in [0.29, 0.717) is 5.56 Å². The summed E-state index contributed by atoms with van der Waals surface area (Å²) in [5.41, 5.74) is 0.499. The molecule has 1 aromatic rings. The zero-order valence-electron chi connectivity index (χ0n) is 8.36. The van der Waals surface area contributed by atoms with Crippen LogP contribution in [-0.2, 0) is 4.57 Å². The quantitative estimate of drug-likeness (QED) is 0.843. The van der Waals surface area contributed by atoms with Crippen LogP contribution < -0.4 is 4.52 Å². The number of alkyl halides is 3. The third-order valence-corrected chi connectivity index (χ3v) is 2.95. The number of hydrogen-bond acceptors (Lipinski definition) is 2. The Bertz CT molecular complexity index is 417. The van der Waals surface area contributed by atoms with Gasteiger partial charge in [-0.2, -0.15) is 13.2 Å². The largest absolute Gasteiger partial charge is 0.424 e. The van der Waals surface area contributed by atoms with Gasteiger partial charge in [-0.1, -0.05) is 18.2 Å². The van der Waals surface area contributed by atoms with Gasteiger partial charge in [-0.25, -0.2) is 4.57 Å². The van der Waals surface area contributed by atoms with Gasteiger partial charge in [-0.3, -0.25) is 0 Å². The number of halogens is 3. The molecule has 7 heteroatoms. The van der Waals surface area contributed by atoms with Crippen molar-refractivity contribution in [2.75, 3.05) is 6.16 Å². The maximum Gasteiger partial charge on any atom is 0.401 e. The Morgan fingerprint density at radius 2 is 1.94 bits per heavy atom. The number of hydrogen-bond donors (Lipinski definition) is 1. The molecule has 0 aliphatic rings. The first-order valence-electron chi connectivity index (χ1n) is 4.33. The van der Waals surface area contributed by atoms with Crippen LogP contribution in [0.5, 0.6) is 5.75 Å². The van der Waals surface area contributed by atoms with E-state index < -0.39 is 19.9 Å². The van der Waals surface area contributed by atoms with Crippen molar-refractivity contribution in [2.24, 2.45) is 0 Å². The van der Waals surface area contributed by atoms with Crippen molar-refractivity contribution in [3.05, 3.63) is 29.8 Å². The van der Waals surface area contributed by atoms with Crippen LogP contribution in [0, 0.1) is 6.92 Å². The van der Waals surface area contributed by atoms with Crippen molar-refractivity contribution in [1.29, 1.82) is 0 Å². The minimum Gasteiger partial charge on any atom is -0.424 e. The van der Waals surface area contributed by atoms with Gasteiger partial charge in [-0.15, -0.1) is 0 Å². The van der Waals surface area contributed by atoms with Gasteiger partial charge in [0.05, 0.1) is 0 Å². The molecule has 0 amide bonds. The second-order valence-corrected chi connectivity index (χ2v) is 5.04. The molecule has 1 aromatic carbocycles. The van der Waals surface area contributed by atoms with Crippen LogP contribution in [0.25, 0.3) is 0 Å². The van der Waals surface area contributed by atoms with Crippen molar-refractivity contribution in [2.45, 2.75) is 13.1 Å². The summed E-state index contributed by atoms with van der Waals surface area (Å²) in [7, 11) is -4.69. The van der Waals surface area contributed by atoms with Crippen LogP contribution in [0.3, 0.4) is 0 Å². The van der Waals surface area contributed by atoms with Crippen LogP contribution in [0.1, 0.15) is 5.56 Å². The number of benzene rings is 1. The Morgan fingerprint density at radius 1 is 1.38 bits per heavy atom. The minimum atomic E-state index is -4.73. The van der Waals surface area contributed by atoms with Crippen molar-refractivity contribution >= 4 is 7.60 Å². The summed E-state index contributed by atoms with van der Waals surface area (Å²) in [5.74, 6) is -0.0161. The van der Waals surface area contributed by atoms with E-state index in [1.165, 1.54) is 12.1 Å². The van der Waals surface area contributed by atoms with E-state index in [2.05, 4.69) is 4.52 Å². The Balaban J connectivity index is 2.81. The molecule has 16 heavy (non-hydrogen) atoms. The van der Waals surface area contributed by atoms with Crippen molar-refractivity contribution in [3.63, 3.8) is 0 Å². The summed E-state index contributed by atoms with van der Waals surface area (Å²) in [5, 5.41) is 0. The lowest BCUT2D eigenvalue weighted by molar-refractivity contribution is -0.109.